The van der Waals surface area contributed by atoms with E-state index in [0.717, 1.165) is 72.2 Å². The normalized spacial score (nSPS) is 13.0. The Balaban J connectivity index is 1.17. The predicted octanol–water partition coefficient (Wildman–Crippen LogP) is 11.1. The molecule has 250 valence electrons. The van der Waals surface area contributed by atoms with Gasteiger partial charge in [-0.1, -0.05) is 140 Å². The van der Waals surface area contributed by atoms with Crippen LogP contribution >= 0.6 is 12.8 Å². The molecule has 1 aliphatic rings. The smallest absolute Gasteiger partial charge is 0.164 e. The Labute approximate surface area is 312 Å². The molecular weight excluding hydrogens is 669 g/mol. The minimum atomic E-state index is 0.315. The number of hydrogen-bond acceptors (Lipinski definition) is 7. The zero-order valence-electron chi connectivity index (χ0n) is 28.3. The summed E-state index contributed by atoms with van der Waals surface area (Å²) in [7, 11) is 0. The number of fused-ring (bicyclic) bond motifs is 3. The lowest BCUT2D eigenvalue weighted by Gasteiger charge is -2.19. The number of aromatic nitrogens is 4. The molecule has 0 bridgehead atoms. The van der Waals surface area contributed by atoms with Gasteiger partial charge in [0.25, 0.3) is 0 Å². The highest BCUT2D eigenvalue weighted by molar-refractivity contribution is 7.79. The van der Waals surface area contributed by atoms with E-state index in [1.165, 1.54) is 0 Å². The summed E-state index contributed by atoms with van der Waals surface area (Å²) >= 11 is 4.24. The topological polar surface area (TPSA) is 87.8 Å². The molecule has 6 nitrogen and oxygen atoms in total. The van der Waals surface area contributed by atoms with E-state index < -0.39 is 0 Å². The number of para-hydroxylation sites is 1. The molecule has 0 spiro atoms. The molecule has 0 saturated carbocycles. The van der Waals surface area contributed by atoms with Crippen LogP contribution in [-0.4, -0.2) is 31.4 Å². The second-order valence-electron chi connectivity index (χ2n) is 12.7. The fraction of sp³-hybridized carbons (Fsp3) is 0. The van der Waals surface area contributed by atoms with Crippen LogP contribution in [0.25, 0.3) is 84.7 Å². The molecule has 9 rings (SSSR count). The largest absolute Gasteiger partial charge is 0.299 e. The van der Waals surface area contributed by atoms with Crippen molar-refractivity contribution >= 4 is 41.2 Å². The summed E-state index contributed by atoms with van der Waals surface area (Å²) in [6.07, 6.45) is 3.69. The van der Waals surface area contributed by atoms with Crippen molar-refractivity contribution in [3.05, 3.63) is 175 Å². The van der Waals surface area contributed by atoms with E-state index in [1.807, 2.05) is 115 Å². The van der Waals surface area contributed by atoms with Gasteiger partial charge >= 0.3 is 0 Å². The van der Waals surface area contributed by atoms with E-state index in [2.05, 4.69) is 65.7 Å². The third-order valence-corrected chi connectivity index (χ3v) is 9.65. The Bertz CT molecular complexity index is 2640. The van der Waals surface area contributed by atoms with Crippen molar-refractivity contribution in [2.45, 2.75) is 0 Å². The predicted molar refractivity (Wildman–Crippen MR) is 220 cm³/mol. The van der Waals surface area contributed by atoms with Crippen LogP contribution < -0.4 is 0 Å². The van der Waals surface area contributed by atoms with Gasteiger partial charge in [-0.3, -0.25) is 5.41 Å². The Morgan fingerprint density at radius 2 is 0.925 bits per heavy atom. The molecule has 7 heteroatoms. The van der Waals surface area contributed by atoms with Crippen LogP contribution in [0.3, 0.4) is 0 Å². The highest BCUT2D eigenvalue weighted by Gasteiger charge is 2.24. The lowest BCUT2D eigenvalue weighted by molar-refractivity contribution is 1.07. The zero-order valence-corrected chi connectivity index (χ0v) is 29.2. The van der Waals surface area contributed by atoms with Crippen LogP contribution in [0.15, 0.2) is 168 Å². The number of thiol groups is 1. The number of nitrogens with zero attached hydrogens (tertiary/aromatic N) is 5. The molecule has 53 heavy (non-hydrogen) atoms. The lowest BCUT2D eigenvalue weighted by atomic mass is 9.88. The number of rotatable bonds is 6. The summed E-state index contributed by atoms with van der Waals surface area (Å²) in [4.78, 5) is 20.3. The van der Waals surface area contributed by atoms with Gasteiger partial charge in [-0.25, -0.2) is 24.3 Å². The molecule has 0 fully saturated rings. The van der Waals surface area contributed by atoms with Gasteiger partial charge in [0.15, 0.2) is 17.5 Å². The number of benzene rings is 6. The van der Waals surface area contributed by atoms with E-state index in [9.17, 15) is 0 Å². The van der Waals surface area contributed by atoms with Gasteiger partial charge in [-0.05, 0) is 65.4 Å². The second kappa shape index (κ2) is 13.7. The Hall–Kier alpha value is -6.83. The molecular formula is C46H30N6S. The molecule has 0 unspecified atom stereocenters. The average Bonchev–Trinajstić information content (AvgIpc) is 3.24. The van der Waals surface area contributed by atoms with Gasteiger partial charge in [0, 0.05) is 38.8 Å². The minimum absolute atomic E-state index is 0.315. The molecule has 1 aliphatic carbocycles. The quantitative estimate of drug-likeness (QED) is 0.169. The molecule has 6 aromatic carbocycles. The molecule has 0 saturated heterocycles. The maximum absolute atomic E-state index is 8.51. The summed E-state index contributed by atoms with van der Waals surface area (Å²) < 4.78 is 4.21. The second-order valence-corrected chi connectivity index (χ2v) is 12.9. The van der Waals surface area contributed by atoms with Crippen molar-refractivity contribution in [3.8, 4) is 67.7 Å². The van der Waals surface area contributed by atoms with Crippen molar-refractivity contribution in [2.75, 3.05) is 0 Å². The Kier molecular flexibility index (Phi) is 8.31. The van der Waals surface area contributed by atoms with Gasteiger partial charge in [-0.2, -0.15) is 0 Å². The Morgan fingerprint density at radius 3 is 1.51 bits per heavy atom. The maximum Gasteiger partial charge on any atom is 0.164 e. The van der Waals surface area contributed by atoms with Crippen LogP contribution in [0.5, 0.6) is 0 Å². The van der Waals surface area contributed by atoms with Crippen molar-refractivity contribution in [1.29, 1.82) is 5.41 Å². The minimum Gasteiger partial charge on any atom is -0.299 e. The number of pyridine rings is 1. The summed E-state index contributed by atoms with van der Waals surface area (Å²) in [5.41, 5.74) is 12.2. The molecule has 0 amide bonds. The first kappa shape index (κ1) is 32.1. The number of hydrogen-bond donors (Lipinski definition) is 2. The van der Waals surface area contributed by atoms with Crippen LogP contribution in [-0.2, 0) is 0 Å². The van der Waals surface area contributed by atoms with Crippen molar-refractivity contribution in [3.63, 3.8) is 0 Å². The molecule has 8 aromatic rings. The highest BCUT2D eigenvalue weighted by atomic mass is 32.1. The fourth-order valence-corrected chi connectivity index (χ4v) is 7.03. The van der Waals surface area contributed by atoms with Crippen LogP contribution in [0, 0.1) is 5.41 Å². The molecule has 1 N–H and O–H groups in total. The van der Waals surface area contributed by atoms with Crippen LogP contribution in [0.4, 0.5) is 0 Å². The molecule has 2 aromatic heterocycles. The van der Waals surface area contributed by atoms with Crippen LogP contribution in [0.1, 0.15) is 11.1 Å². The summed E-state index contributed by atoms with van der Waals surface area (Å²) in [5, 5.41) is 9.45. The number of nitrogens with one attached hydrogen (secondary N) is 1. The average molecular weight is 699 g/mol. The molecule has 0 radical (unpaired) electrons. The fourth-order valence-electron chi connectivity index (χ4n) is 6.83. The highest BCUT2D eigenvalue weighted by Crippen LogP contribution is 2.36. The first-order valence-corrected chi connectivity index (χ1v) is 17.6. The lowest BCUT2D eigenvalue weighted by Crippen LogP contribution is -2.18. The molecule has 0 aliphatic heterocycles. The first-order chi connectivity index (χ1) is 26.1. The monoisotopic (exact) mass is 698 g/mol. The maximum atomic E-state index is 8.51. The van der Waals surface area contributed by atoms with Gasteiger partial charge in [0.1, 0.15) is 5.71 Å². The first-order valence-electron chi connectivity index (χ1n) is 17.2. The standard InChI is InChI=1S/C46H30N6S/c47-39-26-25-38-41(43(39)52-53)37-19-7-8-20-40(37)48-42(38)31-21-23-32(24-22-31)44-49-45(35-17-9-15-33(27-35)29-11-3-1-4-12-29)51-46(50-44)36-18-10-16-34(28-36)30-13-5-2-6-14-30/h1-28,47,53H/b47-39?,52-43+. The molecule has 0 atom stereocenters. The van der Waals surface area contributed by atoms with Gasteiger partial charge in [-0.15, -0.1) is 0 Å². The summed E-state index contributed by atoms with van der Waals surface area (Å²) in [6, 6.07) is 53.4. The van der Waals surface area contributed by atoms with Gasteiger partial charge in [0.2, 0.25) is 0 Å². The third kappa shape index (κ3) is 6.13. The SMILES string of the molecule is N=C1C=Cc2c(-c3ccc(-c4nc(-c5cccc(-c6ccccc6)c5)nc(-c5cccc(-c6ccccc6)c5)n4)cc3)nc3ccccc3c2/C1=N/S. The van der Waals surface area contributed by atoms with Crippen LogP contribution in [0.2, 0.25) is 0 Å². The summed E-state index contributed by atoms with van der Waals surface area (Å²) in [6.45, 7) is 0. The van der Waals surface area contributed by atoms with E-state index in [-0.39, 0.29) is 0 Å². The zero-order chi connectivity index (χ0) is 35.7. The van der Waals surface area contributed by atoms with E-state index in [0.29, 0.717) is 28.9 Å². The number of allylic oxidation sites excluding steroid dienone is 1. The van der Waals surface area contributed by atoms with Crippen molar-refractivity contribution in [1.82, 2.24) is 19.9 Å². The summed E-state index contributed by atoms with van der Waals surface area (Å²) in [5.74, 6) is 1.75. The van der Waals surface area contributed by atoms with E-state index in [1.54, 1.807) is 6.08 Å². The van der Waals surface area contributed by atoms with E-state index in [4.69, 9.17) is 25.3 Å². The van der Waals surface area contributed by atoms with Crippen molar-refractivity contribution < 1.29 is 0 Å². The third-order valence-electron chi connectivity index (χ3n) is 9.45. The van der Waals surface area contributed by atoms with Gasteiger partial charge < -0.3 is 0 Å². The van der Waals surface area contributed by atoms with E-state index >= 15 is 0 Å². The van der Waals surface area contributed by atoms with Gasteiger partial charge in [0.05, 0.1) is 16.9 Å². The molecule has 2 heterocycles. The Morgan fingerprint density at radius 1 is 0.434 bits per heavy atom. The van der Waals surface area contributed by atoms with Crippen molar-refractivity contribution in [2.24, 2.45) is 4.40 Å².